The first kappa shape index (κ1) is 32.8. The lowest BCUT2D eigenvalue weighted by Crippen LogP contribution is -2.59. The Kier molecular flexibility index (Phi) is 13.2. The number of amides is 4. The number of carboxylic acids is 2. The SMILES string of the molecule is CC[C@H](C)[C@H](NC(=O)[C@H](C)NC(=O)[C@@H](NC(=O)[C@@H]1CCCN1C(=O)[C@@H](N)CCC(=O)O)[C@@H](C)CC)C(=O)O. The second-order valence-electron chi connectivity index (χ2n) is 10.0. The van der Waals surface area contributed by atoms with Gasteiger partial charge in [0.1, 0.15) is 24.2 Å². The zero-order chi connectivity index (χ0) is 29.2. The number of carbonyl (C=O) groups excluding carboxylic acids is 4. The number of carboxylic acid groups (broad SMARTS) is 2. The largest absolute Gasteiger partial charge is 0.481 e. The molecule has 4 amide bonds. The highest BCUT2D eigenvalue weighted by Crippen LogP contribution is 2.20. The van der Waals surface area contributed by atoms with Gasteiger partial charge in [-0.05, 0) is 38.0 Å². The van der Waals surface area contributed by atoms with E-state index in [4.69, 9.17) is 10.8 Å². The van der Waals surface area contributed by atoms with Crippen molar-refractivity contribution in [3.05, 3.63) is 0 Å². The van der Waals surface area contributed by atoms with E-state index in [0.717, 1.165) is 0 Å². The van der Waals surface area contributed by atoms with Gasteiger partial charge in [0.05, 0.1) is 6.04 Å². The van der Waals surface area contributed by atoms with Crippen molar-refractivity contribution < 1.29 is 39.0 Å². The van der Waals surface area contributed by atoms with E-state index in [9.17, 15) is 33.9 Å². The number of nitrogens with one attached hydrogen (secondary N) is 3. The number of hydrogen-bond donors (Lipinski definition) is 6. The van der Waals surface area contributed by atoms with Gasteiger partial charge >= 0.3 is 11.9 Å². The first-order chi connectivity index (χ1) is 17.7. The quantitative estimate of drug-likeness (QED) is 0.162. The third-order valence-electron chi connectivity index (χ3n) is 7.15. The average molecular weight is 542 g/mol. The minimum absolute atomic E-state index is 0.0589. The molecule has 7 atom stereocenters. The topological polar surface area (TPSA) is 208 Å². The minimum atomic E-state index is -1.17. The van der Waals surface area contributed by atoms with E-state index in [2.05, 4.69) is 16.0 Å². The molecule has 0 saturated carbocycles. The van der Waals surface area contributed by atoms with Gasteiger partial charge in [0, 0.05) is 13.0 Å². The molecule has 13 heteroatoms. The molecule has 216 valence electrons. The second-order valence-corrected chi connectivity index (χ2v) is 10.0. The Labute approximate surface area is 223 Å². The monoisotopic (exact) mass is 541 g/mol. The number of nitrogens with two attached hydrogens (primary N) is 1. The first-order valence-electron chi connectivity index (χ1n) is 13.2. The Morgan fingerprint density at radius 1 is 0.895 bits per heavy atom. The number of hydrogen-bond acceptors (Lipinski definition) is 7. The van der Waals surface area contributed by atoms with Crippen molar-refractivity contribution in [2.24, 2.45) is 17.6 Å². The molecule has 7 N–H and O–H groups in total. The third-order valence-corrected chi connectivity index (χ3v) is 7.15. The Morgan fingerprint density at radius 3 is 2.00 bits per heavy atom. The number of likely N-dealkylation sites (tertiary alicyclic amines) is 1. The van der Waals surface area contributed by atoms with Gasteiger partial charge in [-0.2, -0.15) is 0 Å². The molecule has 0 bridgehead atoms. The Hall–Kier alpha value is -3.22. The van der Waals surface area contributed by atoms with Crippen LogP contribution in [0.25, 0.3) is 0 Å². The third kappa shape index (κ3) is 9.26. The average Bonchev–Trinajstić information content (AvgIpc) is 3.36. The molecular weight excluding hydrogens is 498 g/mol. The van der Waals surface area contributed by atoms with Crippen LogP contribution in [-0.2, 0) is 28.8 Å². The summed E-state index contributed by atoms with van der Waals surface area (Å²) in [6.07, 6.45) is 1.64. The van der Waals surface area contributed by atoms with Crippen molar-refractivity contribution in [1.82, 2.24) is 20.9 Å². The van der Waals surface area contributed by atoms with Gasteiger partial charge in [0.25, 0.3) is 0 Å². The second kappa shape index (κ2) is 15.3. The van der Waals surface area contributed by atoms with Gasteiger partial charge in [0.15, 0.2) is 0 Å². The van der Waals surface area contributed by atoms with E-state index < -0.39 is 65.8 Å². The van der Waals surface area contributed by atoms with Crippen LogP contribution < -0.4 is 21.7 Å². The van der Waals surface area contributed by atoms with E-state index in [1.807, 2.05) is 6.92 Å². The van der Waals surface area contributed by atoms with E-state index in [1.54, 1.807) is 20.8 Å². The van der Waals surface area contributed by atoms with Gasteiger partial charge in [-0.1, -0.05) is 40.5 Å². The lowest BCUT2D eigenvalue weighted by atomic mass is 9.97. The summed E-state index contributed by atoms with van der Waals surface area (Å²) < 4.78 is 0. The van der Waals surface area contributed by atoms with Crippen molar-refractivity contribution >= 4 is 35.6 Å². The van der Waals surface area contributed by atoms with Gasteiger partial charge in [0.2, 0.25) is 23.6 Å². The van der Waals surface area contributed by atoms with Crippen LogP contribution in [0, 0.1) is 11.8 Å². The van der Waals surface area contributed by atoms with Crippen molar-refractivity contribution in [2.45, 2.75) is 103 Å². The van der Waals surface area contributed by atoms with Crippen LogP contribution in [0.5, 0.6) is 0 Å². The standard InChI is InChI=1S/C25H43N5O8/c1-6-13(3)19(23(35)27-15(5)21(33)29-20(25(37)38)14(4)7-2)28-22(34)17-9-8-12-30(17)24(36)16(26)10-11-18(31)32/h13-17,19-20H,6-12,26H2,1-5H3,(H,27,35)(H,28,34)(H,29,33)(H,31,32)(H,37,38)/t13-,14-,15-,16-,17-,19-,20-/m0/s1. The van der Waals surface area contributed by atoms with Gasteiger partial charge in [-0.3, -0.25) is 24.0 Å². The van der Waals surface area contributed by atoms with Gasteiger partial charge in [-0.15, -0.1) is 0 Å². The first-order valence-corrected chi connectivity index (χ1v) is 13.2. The molecule has 1 aliphatic rings. The lowest BCUT2D eigenvalue weighted by molar-refractivity contribution is -0.143. The molecule has 0 unspecified atom stereocenters. The van der Waals surface area contributed by atoms with Crippen LogP contribution in [0.2, 0.25) is 0 Å². The van der Waals surface area contributed by atoms with Crippen molar-refractivity contribution in [3.63, 3.8) is 0 Å². The highest BCUT2D eigenvalue weighted by atomic mass is 16.4. The summed E-state index contributed by atoms with van der Waals surface area (Å²) in [4.78, 5) is 75.3. The van der Waals surface area contributed by atoms with Crippen molar-refractivity contribution in [1.29, 1.82) is 0 Å². The molecule has 0 aromatic rings. The van der Waals surface area contributed by atoms with Gasteiger partial charge in [-0.25, -0.2) is 4.79 Å². The molecule has 1 aliphatic heterocycles. The molecule has 1 heterocycles. The molecule has 0 spiro atoms. The molecule has 1 saturated heterocycles. The summed E-state index contributed by atoms with van der Waals surface area (Å²) in [5, 5.41) is 26.0. The number of rotatable bonds is 15. The molecule has 0 aromatic heterocycles. The smallest absolute Gasteiger partial charge is 0.326 e. The maximum absolute atomic E-state index is 13.2. The van der Waals surface area contributed by atoms with Crippen molar-refractivity contribution in [3.8, 4) is 0 Å². The number of carbonyl (C=O) groups is 6. The van der Waals surface area contributed by atoms with E-state index in [1.165, 1.54) is 11.8 Å². The predicted octanol–water partition coefficient (Wildman–Crippen LogP) is -0.179. The van der Waals surface area contributed by atoms with Crippen LogP contribution >= 0.6 is 0 Å². The Balaban J connectivity index is 2.91. The zero-order valence-electron chi connectivity index (χ0n) is 22.9. The summed E-state index contributed by atoms with van der Waals surface area (Å²) in [6.45, 7) is 8.82. The summed E-state index contributed by atoms with van der Waals surface area (Å²) in [5.41, 5.74) is 5.87. The van der Waals surface area contributed by atoms with Gasteiger partial charge < -0.3 is 36.8 Å². The van der Waals surface area contributed by atoms with E-state index >= 15 is 0 Å². The molecule has 13 nitrogen and oxygen atoms in total. The highest BCUT2D eigenvalue weighted by molar-refractivity contribution is 5.95. The Morgan fingerprint density at radius 2 is 1.47 bits per heavy atom. The molecule has 1 rings (SSSR count). The van der Waals surface area contributed by atoms with Crippen LogP contribution in [-0.4, -0.2) is 87.4 Å². The minimum Gasteiger partial charge on any atom is -0.481 e. The maximum atomic E-state index is 13.2. The van der Waals surface area contributed by atoms with Crippen LogP contribution in [0.3, 0.4) is 0 Å². The molecule has 0 aliphatic carbocycles. The zero-order valence-corrected chi connectivity index (χ0v) is 22.9. The molecule has 38 heavy (non-hydrogen) atoms. The summed E-state index contributed by atoms with van der Waals surface area (Å²) in [5.74, 6) is -5.22. The summed E-state index contributed by atoms with van der Waals surface area (Å²) in [6, 6.07) is -5.09. The van der Waals surface area contributed by atoms with Crippen LogP contribution in [0.1, 0.15) is 73.1 Å². The highest BCUT2D eigenvalue weighted by Gasteiger charge is 2.39. The lowest BCUT2D eigenvalue weighted by Gasteiger charge is -2.30. The predicted molar refractivity (Wildman–Crippen MR) is 138 cm³/mol. The fourth-order valence-corrected chi connectivity index (χ4v) is 4.20. The normalized spacial score (nSPS) is 19.8. The summed E-state index contributed by atoms with van der Waals surface area (Å²) >= 11 is 0. The van der Waals surface area contributed by atoms with Crippen LogP contribution in [0.4, 0.5) is 0 Å². The number of aliphatic carboxylic acids is 2. The molecule has 0 aromatic carbocycles. The van der Waals surface area contributed by atoms with Crippen molar-refractivity contribution in [2.75, 3.05) is 6.54 Å². The van der Waals surface area contributed by atoms with E-state index in [-0.39, 0.29) is 31.2 Å². The Bertz CT molecular complexity index is 882. The fraction of sp³-hybridized carbons (Fsp3) is 0.760. The van der Waals surface area contributed by atoms with Crippen LogP contribution in [0.15, 0.2) is 0 Å². The number of nitrogens with zero attached hydrogens (tertiary/aromatic N) is 1. The molecule has 0 radical (unpaired) electrons. The summed E-state index contributed by atoms with van der Waals surface area (Å²) in [7, 11) is 0. The van der Waals surface area contributed by atoms with E-state index in [0.29, 0.717) is 25.7 Å². The fourth-order valence-electron chi connectivity index (χ4n) is 4.20. The maximum Gasteiger partial charge on any atom is 0.326 e. The molecular formula is C25H43N5O8. The molecule has 1 fully saturated rings.